The minimum Gasteiger partial charge on any atom is -0.396 e. The first-order valence-corrected chi connectivity index (χ1v) is 8.43. The van der Waals surface area contributed by atoms with E-state index in [2.05, 4.69) is 29.5 Å². The fourth-order valence-corrected chi connectivity index (χ4v) is 3.80. The van der Waals surface area contributed by atoms with E-state index in [1.165, 1.54) is 0 Å². The Morgan fingerprint density at radius 3 is 2.82 bits per heavy atom. The van der Waals surface area contributed by atoms with Crippen molar-refractivity contribution in [3.05, 3.63) is 0 Å². The standard InChI is InChI=1S/C10H22B2O3S2/c1-10(2,12)17-16-6-14-8-5-9(11)15-7(8)3-4-13/h7-9,13H,3-6,11-12H2,1-2H3/t7?,8-,9-/m1/s1. The van der Waals surface area contributed by atoms with Crippen LogP contribution in [0, 0.1) is 0 Å². The molecule has 3 nitrogen and oxygen atoms in total. The van der Waals surface area contributed by atoms with E-state index >= 15 is 0 Å². The second-order valence-corrected chi connectivity index (χ2v) is 8.44. The van der Waals surface area contributed by atoms with Gasteiger partial charge in [-0.1, -0.05) is 35.4 Å². The number of ether oxygens (including phenoxy) is 2. The van der Waals surface area contributed by atoms with Crippen LogP contribution in [0.4, 0.5) is 0 Å². The first-order chi connectivity index (χ1) is 7.92. The van der Waals surface area contributed by atoms with E-state index in [0.717, 1.165) is 6.42 Å². The van der Waals surface area contributed by atoms with Crippen molar-refractivity contribution < 1.29 is 14.6 Å². The third-order valence-corrected chi connectivity index (χ3v) is 5.43. The fourth-order valence-electron chi connectivity index (χ4n) is 1.79. The molecule has 98 valence electrons. The quantitative estimate of drug-likeness (QED) is 0.311. The summed E-state index contributed by atoms with van der Waals surface area (Å²) in [7, 11) is 7.83. The zero-order chi connectivity index (χ0) is 12.9. The van der Waals surface area contributed by atoms with Gasteiger partial charge in [0.25, 0.3) is 0 Å². The first kappa shape index (κ1) is 15.8. The molecule has 0 spiro atoms. The van der Waals surface area contributed by atoms with E-state index < -0.39 is 0 Å². The predicted octanol–water partition coefficient (Wildman–Crippen LogP) is 0.210. The minimum absolute atomic E-state index is 0.0650. The molecule has 1 unspecified atom stereocenters. The van der Waals surface area contributed by atoms with E-state index in [0.29, 0.717) is 12.4 Å². The Kier molecular flexibility index (Phi) is 6.80. The summed E-state index contributed by atoms with van der Waals surface area (Å²) in [5, 5.41) is 8.96. The largest absolute Gasteiger partial charge is 0.396 e. The highest BCUT2D eigenvalue weighted by molar-refractivity contribution is 8.77. The van der Waals surface area contributed by atoms with Gasteiger partial charge in [0.2, 0.25) is 0 Å². The van der Waals surface area contributed by atoms with Crippen LogP contribution in [0.5, 0.6) is 0 Å². The maximum absolute atomic E-state index is 8.96. The van der Waals surface area contributed by atoms with Gasteiger partial charge in [0.05, 0.1) is 12.2 Å². The molecule has 0 aliphatic carbocycles. The molecular formula is C10H22B2O3S2. The summed E-state index contributed by atoms with van der Waals surface area (Å²) >= 11 is 0. The first-order valence-electron chi connectivity index (χ1n) is 6.11. The molecule has 1 saturated heterocycles. The van der Waals surface area contributed by atoms with Crippen molar-refractivity contribution in [2.75, 3.05) is 12.5 Å². The molecule has 0 aromatic carbocycles. The summed E-state index contributed by atoms with van der Waals surface area (Å²) in [6, 6.07) is 0.247. The van der Waals surface area contributed by atoms with Gasteiger partial charge in [0, 0.05) is 12.6 Å². The van der Waals surface area contributed by atoms with Crippen LogP contribution in [-0.4, -0.2) is 56.2 Å². The van der Waals surface area contributed by atoms with Gasteiger partial charge in [0.15, 0.2) is 0 Å². The van der Waals surface area contributed by atoms with Crippen molar-refractivity contribution in [3.63, 3.8) is 0 Å². The summed E-state index contributed by atoms with van der Waals surface area (Å²) in [4.78, 5) is 0. The smallest absolute Gasteiger partial charge is 0.139 e. The summed E-state index contributed by atoms with van der Waals surface area (Å²) < 4.78 is 11.8. The highest BCUT2D eigenvalue weighted by Crippen LogP contribution is 2.34. The SMILES string of the molecule is B[C@H]1C[C@@H](OCSSC(B)(C)C)C(CCO)O1. The van der Waals surface area contributed by atoms with Crippen LogP contribution in [-0.2, 0) is 9.47 Å². The maximum atomic E-state index is 8.96. The zero-order valence-corrected chi connectivity index (χ0v) is 12.8. The maximum Gasteiger partial charge on any atom is 0.139 e. The van der Waals surface area contributed by atoms with E-state index in [4.69, 9.17) is 14.6 Å². The summed E-state index contributed by atoms with van der Waals surface area (Å²) in [5.41, 5.74) is 0. The third kappa shape index (κ3) is 6.43. The van der Waals surface area contributed by atoms with Crippen LogP contribution >= 0.6 is 21.6 Å². The van der Waals surface area contributed by atoms with Gasteiger partial charge < -0.3 is 14.6 Å². The molecular weight excluding hydrogens is 254 g/mol. The topological polar surface area (TPSA) is 38.7 Å². The average Bonchev–Trinajstić information content (AvgIpc) is 2.53. The van der Waals surface area contributed by atoms with Crippen LogP contribution in [0.15, 0.2) is 0 Å². The lowest BCUT2D eigenvalue weighted by Gasteiger charge is -2.20. The summed E-state index contributed by atoms with van der Waals surface area (Å²) in [6.45, 7) is 4.56. The molecule has 0 aromatic heterocycles. The van der Waals surface area contributed by atoms with Gasteiger partial charge in [0.1, 0.15) is 21.6 Å². The molecule has 0 radical (unpaired) electrons. The normalized spacial score (nSPS) is 29.7. The van der Waals surface area contributed by atoms with Gasteiger partial charge in [-0.15, -0.1) is 0 Å². The van der Waals surface area contributed by atoms with Gasteiger partial charge in [-0.25, -0.2) is 0 Å². The Balaban J connectivity index is 2.21. The van der Waals surface area contributed by atoms with Crippen LogP contribution < -0.4 is 0 Å². The minimum atomic E-state index is 0.0650. The number of rotatable bonds is 7. The molecule has 17 heavy (non-hydrogen) atoms. The molecule has 1 N–H and O–H groups in total. The Morgan fingerprint density at radius 2 is 2.24 bits per heavy atom. The molecule has 1 fully saturated rings. The number of hydrogen-bond donors (Lipinski definition) is 1. The van der Waals surface area contributed by atoms with Gasteiger partial charge >= 0.3 is 0 Å². The van der Waals surface area contributed by atoms with Crippen molar-refractivity contribution in [2.24, 2.45) is 0 Å². The van der Waals surface area contributed by atoms with Gasteiger partial charge in [-0.05, 0) is 17.5 Å². The lowest BCUT2D eigenvalue weighted by atomic mass is 9.91. The van der Waals surface area contributed by atoms with Crippen molar-refractivity contribution in [3.8, 4) is 0 Å². The van der Waals surface area contributed by atoms with E-state index in [-0.39, 0.29) is 29.5 Å². The second-order valence-electron chi connectivity index (χ2n) is 5.37. The monoisotopic (exact) mass is 276 g/mol. The number of aliphatic hydroxyl groups is 1. The van der Waals surface area contributed by atoms with Crippen molar-refractivity contribution in [1.82, 2.24) is 0 Å². The highest BCUT2D eigenvalue weighted by Gasteiger charge is 2.33. The lowest BCUT2D eigenvalue weighted by Crippen LogP contribution is -2.25. The molecule has 7 heteroatoms. The fraction of sp³-hybridized carbons (Fsp3) is 1.00. The highest BCUT2D eigenvalue weighted by atomic mass is 33.1. The Morgan fingerprint density at radius 1 is 1.53 bits per heavy atom. The van der Waals surface area contributed by atoms with Crippen molar-refractivity contribution in [1.29, 1.82) is 0 Å². The van der Waals surface area contributed by atoms with Gasteiger partial charge in [-0.2, -0.15) is 0 Å². The van der Waals surface area contributed by atoms with E-state index in [1.54, 1.807) is 10.8 Å². The van der Waals surface area contributed by atoms with Crippen LogP contribution in [0.1, 0.15) is 26.7 Å². The third-order valence-electron chi connectivity index (χ3n) is 2.44. The second kappa shape index (κ2) is 7.34. The van der Waals surface area contributed by atoms with Crippen LogP contribution in [0.2, 0.25) is 0 Å². The van der Waals surface area contributed by atoms with Crippen LogP contribution in [0.3, 0.4) is 0 Å². The summed E-state index contributed by atoms with van der Waals surface area (Å²) in [6.07, 6.45) is 1.82. The molecule has 1 heterocycles. The van der Waals surface area contributed by atoms with Crippen molar-refractivity contribution >= 4 is 37.3 Å². The predicted molar refractivity (Wildman–Crippen MR) is 81.1 cm³/mol. The molecule has 3 atom stereocenters. The Hall–Kier alpha value is 0.710. The molecule has 1 aliphatic heterocycles. The molecule has 0 aromatic rings. The van der Waals surface area contributed by atoms with Gasteiger partial charge in [-0.3, -0.25) is 0 Å². The molecule has 1 aliphatic rings. The Bertz CT molecular complexity index is 226. The zero-order valence-electron chi connectivity index (χ0n) is 11.1. The molecule has 1 rings (SSSR count). The number of aliphatic hydroxyl groups excluding tert-OH is 1. The van der Waals surface area contributed by atoms with E-state index in [1.807, 2.05) is 10.8 Å². The van der Waals surface area contributed by atoms with Crippen LogP contribution in [0.25, 0.3) is 0 Å². The van der Waals surface area contributed by atoms with Crippen molar-refractivity contribution in [2.45, 2.75) is 49.5 Å². The number of hydrogen-bond acceptors (Lipinski definition) is 5. The average molecular weight is 276 g/mol. The molecule has 0 bridgehead atoms. The van der Waals surface area contributed by atoms with E-state index in [9.17, 15) is 0 Å². The summed E-state index contributed by atoms with van der Waals surface area (Å²) in [5.74, 6) is 0.685. The molecule has 0 amide bonds. The molecule has 0 saturated carbocycles. The lowest BCUT2D eigenvalue weighted by molar-refractivity contribution is -0.00713. The Labute approximate surface area is 114 Å².